The van der Waals surface area contributed by atoms with E-state index in [1.165, 1.54) is 4.90 Å². The second-order valence-electron chi connectivity index (χ2n) is 4.62. The first-order valence-electron chi connectivity index (χ1n) is 7.56. The molecule has 0 saturated carbocycles. The Morgan fingerprint density at radius 1 is 1.23 bits per heavy atom. The summed E-state index contributed by atoms with van der Waals surface area (Å²) >= 11 is 1.84. The number of nitrogens with zero attached hydrogens (tertiary/aromatic N) is 3. The molecular weight excluding hydrogens is 294 g/mol. The number of hydrogen-bond acceptors (Lipinski definition) is 3. The molecule has 0 unspecified atom stereocenters. The van der Waals surface area contributed by atoms with E-state index in [-0.39, 0.29) is 0 Å². The first-order chi connectivity index (χ1) is 10.9. The van der Waals surface area contributed by atoms with Gasteiger partial charge in [0.1, 0.15) is 0 Å². The Balaban J connectivity index is 1.69. The van der Waals surface area contributed by atoms with Crippen molar-refractivity contribution in [2.75, 3.05) is 25.4 Å². The molecule has 0 aliphatic rings. The van der Waals surface area contributed by atoms with Crippen molar-refractivity contribution in [1.29, 1.82) is 0 Å². The van der Waals surface area contributed by atoms with Crippen molar-refractivity contribution < 1.29 is 0 Å². The van der Waals surface area contributed by atoms with Crippen LogP contribution >= 0.6 is 11.8 Å². The molecule has 0 aliphatic carbocycles. The summed E-state index contributed by atoms with van der Waals surface area (Å²) in [4.78, 5) is 5.85. The van der Waals surface area contributed by atoms with Crippen molar-refractivity contribution in [2.45, 2.75) is 18.4 Å². The van der Waals surface area contributed by atoms with Gasteiger partial charge in [-0.25, -0.2) is 0 Å². The predicted octanol–water partition coefficient (Wildman–Crippen LogP) is 2.23. The molecule has 0 saturated heterocycles. The van der Waals surface area contributed by atoms with Crippen molar-refractivity contribution in [3.63, 3.8) is 0 Å². The molecule has 6 heteroatoms. The van der Waals surface area contributed by atoms with Gasteiger partial charge in [0.15, 0.2) is 5.96 Å². The fourth-order valence-corrected chi connectivity index (χ4v) is 2.68. The van der Waals surface area contributed by atoms with E-state index in [1.54, 1.807) is 6.20 Å². The Kier molecular flexibility index (Phi) is 7.38. The van der Waals surface area contributed by atoms with E-state index < -0.39 is 0 Å². The third kappa shape index (κ3) is 6.22. The SMILES string of the molecule is CCNC(=NCCn1cccn1)NCCSc1ccccc1. The number of aromatic nitrogens is 2. The third-order valence-electron chi connectivity index (χ3n) is 2.91. The first-order valence-corrected chi connectivity index (χ1v) is 8.54. The number of nitrogens with one attached hydrogen (secondary N) is 2. The maximum Gasteiger partial charge on any atom is 0.191 e. The standard InChI is InChI=1S/C16H23N5S/c1-2-17-16(18-10-13-21-12-6-9-20-21)19-11-14-22-15-7-4-3-5-8-15/h3-9,12H,2,10-11,13-14H2,1H3,(H2,17,18,19). The van der Waals surface area contributed by atoms with Crippen LogP contribution in [0, 0.1) is 0 Å². The number of guanidine groups is 1. The summed E-state index contributed by atoms with van der Waals surface area (Å²) in [7, 11) is 0. The zero-order valence-electron chi connectivity index (χ0n) is 12.9. The monoisotopic (exact) mass is 317 g/mol. The zero-order valence-corrected chi connectivity index (χ0v) is 13.7. The summed E-state index contributed by atoms with van der Waals surface area (Å²) in [5, 5.41) is 10.8. The topological polar surface area (TPSA) is 54.2 Å². The lowest BCUT2D eigenvalue weighted by Crippen LogP contribution is -2.38. The molecule has 0 aliphatic heterocycles. The highest BCUT2D eigenvalue weighted by molar-refractivity contribution is 7.99. The molecular formula is C16H23N5S. The van der Waals surface area contributed by atoms with Crippen LogP contribution in [0.3, 0.4) is 0 Å². The van der Waals surface area contributed by atoms with Crippen LogP contribution in [0.4, 0.5) is 0 Å². The van der Waals surface area contributed by atoms with Crippen molar-refractivity contribution in [1.82, 2.24) is 20.4 Å². The van der Waals surface area contributed by atoms with Crippen LogP contribution in [-0.4, -0.2) is 41.1 Å². The van der Waals surface area contributed by atoms with Gasteiger partial charge in [-0.2, -0.15) is 5.10 Å². The van der Waals surface area contributed by atoms with Gasteiger partial charge in [0.05, 0.1) is 13.1 Å². The molecule has 22 heavy (non-hydrogen) atoms. The zero-order chi connectivity index (χ0) is 15.5. The normalized spacial score (nSPS) is 11.4. The average molecular weight is 317 g/mol. The van der Waals surface area contributed by atoms with Crippen molar-refractivity contribution in [3.8, 4) is 0 Å². The van der Waals surface area contributed by atoms with Crippen LogP contribution in [0.1, 0.15) is 6.92 Å². The van der Waals surface area contributed by atoms with Crippen LogP contribution < -0.4 is 10.6 Å². The minimum Gasteiger partial charge on any atom is -0.357 e. The maximum atomic E-state index is 4.56. The minimum atomic E-state index is 0.711. The van der Waals surface area contributed by atoms with Crippen LogP contribution in [0.15, 0.2) is 58.7 Å². The first kappa shape index (κ1) is 16.4. The molecule has 5 nitrogen and oxygen atoms in total. The largest absolute Gasteiger partial charge is 0.357 e. The molecule has 0 atom stereocenters. The van der Waals surface area contributed by atoms with Crippen molar-refractivity contribution in [3.05, 3.63) is 48.8 Å². The summed E-state index contributed by atoms with van der Waals surface area (Å²) in [5.74, 6) is 1.87. The lowest BCUT2D eigenvalue weighted by Gasteiger charge is -2.11. The molecule has 2 N–H and O–H groups in total. The van der Waals surface area contributed by atoms with Gasteiger partial charge in [-0.3, -0.25) is 9.67 Å². The smallest absolute Gasteiger partial charge is 0.191 e. The van der Waals surface area contributed by atoms with E-state index >= 15 is 0 Å². The Hall–Kier alpha value is -1.95. The molecule has 118 valence electrons. The van der Waals surface area contributed by atoms with Gasteiger partial charge in [0.25, 0.3) is 0 Å². The second kappa shape index (κ2) is 9.89. The van der Waals surface area contributed by atoms with Gasteiger partial charge in [0, 0.05) is 36.1 Å². The van der Waals surface area contributed by atoms with E-state index in [0.717, 1.165) is 31.3 Å². The molecule has 0 amide bonds. The minimum absolute atomic E-state index is 0.711. The van der Waals surface area contributed by atoms with Gasteiger partial charge >= 0.3 is 0 Å². The third-order valence-corrected chi connectivity index (χ3v) is 3.92. The fraction of sp³-hybridized carbons (Fsp3) is 0.375. The van der Waals surface area contributed by atoms with Gasteiger partial charge in [-0.15, -0.1) is 11.8 Å². The second-order valence-corrected chi connectivity index (χ2v) is 5.79. The van der Waals surface area contributed by atoms with E-state index in [0.29, 0.717) is 6.54 Å². The van der Waals surface area contributed by atoms with Crippen LogP contribution in [0.5, 0.6) is 0 Å². The molecule has 0 radical (unpaired) electrons. The van der Waals surface area contributed by atoms with Gasteiger partial charge in [0.2, 0.25) is 0 Å². The Morgan fingerprint density at radius 3 is 2.82 bits per heavy atom. The number of benzene rings is 1. The highest BCUT2D eigenvalue weighted by Gasteiger charge is 1.98. The van der Waals surface area contributed by atoms with E-state index in [9.17, 15) is 0 Å². The summed E-state index contributed by atoms with van der Waals surface area (Å²) in [6, 6.07) is 12.4. The van der Waals surface area contributed by atoms with Crippen LogP contribution in [-0.2, 0) is 6.54 Å². The van der Waals surface area contributed by atoms with Gasteiger partial charge in [-0.05, 0) is 25.1 Å². The van der Waals surface area contributed by atoms with Gasteiger partial charge < -0.3 is 10.6 Å². The summed E-state index contributed by atoms with van der Waals surface area (Å²) < 4.78 is 1.89. The average Bonchev–Trinajstić information content (AvgIpc) is 3.06. The molecule has 1 aromatic heterocycles. The molecule has 2 rings (SSSR count). The number of rotatable bonds is 8. The van der Waals surface area contributed by atoms with Gasteiger partial charge in [-0.1, -0.05) is 18.2 Å². The van der Waals surface area contributed by atoms with Crippen molar-refractivity contribution in [2.24, 2.45) is 4.99 Å². The maximum absolute atomic E-state index is 4.56. The summed E-state index contributed by atoms with van der Waals surface area (Å²) in [6.07, 6.45) is 3.74. The predicted molar refractivity (Wildman–Crippen MR) is 93.4 cm³/mol. The van der Waals surface area contributed by atoms with E-state index in [1.807, 2.05) is 34.8 Å². The molecule has 1 heterocycles. The number of aliphatic imine (C=N–C) groups is 1. The summed E-state index contributed by atoms with van der Waals surface area (Å²) in [5.41, 5.74) is 0. The van der Waals surface area contributed by atoms with Crippen LogP contribution in [0.2, 0.25) is 0 Å². The summed E-state index contributed by atoms with van der Waals surface area (Å²) in [6.45, 7) is 5.32. The highest BCUT2D eigenvalue weighted by atomic mass is 32.2. The Bertz CT molecular complexity index is 539. The van der Waals surface area contributed by atoms with E-state index in [2.05, 4.69) is 51.9 Å². The molecule has 0 spiro atoms. The Labute approximate surface area is 136 Å². The number of hydrogen-bond donors (Lipinski definition) is 2. The molecule has 1 aromatic carbocycles. The fourth-order valence-electron chi connectivity index (χ4n) is 1.89. The molecule has 0 fully saturated rings. The lowest BCUT2D eigenvalue weighted by molar-refractivity contribution is 0.622. The van der Waals surface area contributed by atoms with Crippen LogP contribution in [0.25, 0.3) is 0 Å². The van der Waals surface area contributed by atoms with Crippen molar-refractivity contribution >= 4 is 17.7 Å². The highest BCUT2D eigenvalue weighted by Crippen LogP contribution is 2.15. The Morgan fingerprint density at radius 2 is 2.09 bits per heavy atom. The number of thioether (sulfide) groups is 1. The lowest BCUT2D eigenvalue weighted by atomic mass is 10.4. The molecule has 0 bridgehead atoms. The quantitative estimate of drug-likeness (QED) is 0.339. The molecule has 2 aromatic rings. The van der Waals surface area contributed by atoms with E-state index in [4.69, 9.17) is 0 Å².